The summed E-state index contributed by atoms with van der Waals surface area (Å²) in [6.07, 6.45) is 0. The molecule has 3 aromatic rings. The van der Waals surface area contributed by atoms with Gasteiger partial charge in [0.15, 0.2) is 0 Å². The maximum Gasteiger partial charge on any atom is 0.258 e. The number of carbonyl (C=O) groups excluding carboxylic acids is 1. The van der Waals surface area contributed by atoms with Crippen molar-refractivity contribution in [3.8, 4) is 0 Å². The molecule has 1 unspecified atom stereocenters. The van der Waals surface area contributed by atoms with Crippen LogP contribution in [0.25, 0.3) is 0 Å². The number of nitrogens with two attached hydrogens (primary N) is 1. The van der Waals surface area contributed by atoms with Crippen molar-refractivity contribution in [2.45, 2.75) is 19.5 Å². The minimum atomic E-state index is -1.06. The Balaban J connectivity index is 1.81. The van der Waals surface area contributed by atoms with Gasteiger partial charge in [-0.3, -0.25) is 9.79 Å². The molecule has 0 aromatic heterocycles. The van der Waals surface area contributed by atoms with Crippen molar-refractivity contribution in [3.05, 3.63) is 95.0 Å². The highest BCUT2D eigenvalue weighted by Crippen LogP contribution is 2.15. The summed E-state index contributed by atoms with van der Waals surface area (Å²) in [5, 5.41) is 11.8. The van der Waals surface area contributed by atoms with E-state index < -0.39 is 11.9 Å². The Bertz CT molecular complexity index is 1030. The number of amidine groups is 1. The molecule has 152 valence electrons. The van der Waals surface area contributed by atoms with Gasteiger partial charge in [-0.25, -0.2) is 0 Å². The van der Waals surface area contributed by atoms with Gasteiger partial charge in [0.05, 0.1) is 12.2 Å². The number of para-hydroxylation sites is 1. The molecule has 0 fully saturated rings. The predicted octanol–water partition coefficient (Wildman–Crippen LogP) is 5.30. The highest BCUT2D eigenvalue weighted by molar-refractivity contribution is 6.30. The summed E-state index contributed by atoms with van der Waals surface area (Å²) in [5.74, 6) is -0.330. The van der Waals surface area contributed by atoms with Crippen molar-refractivity contribution < 1.29 is 4.79 Å². The maximum atomic E-state index is 12.8. The van der Waals surface area contributed by atoms with Gasteiger partial charge in [0.2, 0.25) is 6.04 Å². The maximum absolute atomic E-state index is 12.8. The third-order valence-corrected chi connectivity index (χ3v) is 4.50. The minimum absolute atomic E-state index is 0.0780. The standard InChI is InChI=1S/C23H22ClN5O/c1-16-7-13-20(14-8-16)28-29-21(23(30)27-19-5-3-2-4-6-19)22(25)26-15-17-9-11-18(24)12-10-17/h2-14,21H,15H2,1H3,(H2,25,26)(H,27,30). The average Bonchev–Trinajstić information content (AvgIpc) is 2.75. The van der Waals surface area contributed by atoms with Crippen molar-refractivity contribution >= 4 is 34.7 Å². The number of anilines is 1. The van der Waals surface area contributed by atoms with E-state index in [0.717, 1.165) is 11.1 Å². The van der Waals surface area contributed by atoms with E-state index in [0.29, 0.717) is 22.9 Å². The van der Waals surface area contributed by atoms with Gasteiger partial charge in [-0.05, 0) is 48.9 Å². The van der Waals surface area contributed by atoms with Crippen LogP contribution >= 0.6 is 11.6 Å². The van der Waals surface area contributed by atoms with Gasteiger partial charge in [0.25, 0.3) is 5.91 Å². The SMILES string of the molecule is Cc1ccc(N=NC(C(=O)Nc2ccccc2)C(N)=NCc2ccc(Cl)cc2)cc1. The molecule has 1 amide bonds. The number of aryl methyl sites for hydroxylation is 1. The molecule has 0 radical (unpaired) electrons. The molecule has 1 atom stereocenters. The van der Waals surface area contributed by atoms with Gasteiger partial charge in [-0.2, -0.15) is 10.2 Å². The molecule has 0 saturated carbocycles. The van der Waals surface area contributed by atoms with Crippen LogP contribution in [0.5, 0.6) is 0 Å². The summed E-state index contributed by atoms with van der Waals surface area (Å²) >= 11 is 5.91. The number of rotatable bonds is 7. The van der Waals surface area contributed by atoms with Crippen LogP contribution in [-0.2, 0) is 11.3 Å². The highest BCUT2D eigenvalue weighted by atomic mass is 35.5. The summed E-state index contributed by atoms with van der Waals surface area (Å²) in [7, 11) is 0. The topological polar surface area (TPSA) is 92.2 Å². The fourth-order valence-corrected chi connectivity index (χ4v) is 2.70. The third kappa shape index (κ3) is 6.25. The molecular weight excluding hydrogens is 398 g/mol. The molecule has 0 spiro atoms. The molecule has 3 aromatic carbocycles. The van der Waals surface area contributed by atoms with Crippen LogP contribution in [0.2, 0.25) is 5.02 Å². The number of benzene rings is 3. The Hall–Kier alpha value is -3.51. The lowest BCUT2D eigenvalue weighted by molar-refractivity contribution is -0.116. The summed E-state index contributed by atoms with van der Waals surface area (Å²) in [6, 6.07) is 22.8. The zero-order valence-corrected chi connectivity index (χ0v) is 17.3. The summed E-state index contributed by atoms with van der Waals surface area (Å²) in [6.45, 7) is 2.29. The van der Waals surface area contributed by atoms with E-state index in [-0.39, 0.29) is 5.84 Å². The van der Waals surface area contributed by atoms with Gasteiger partial charge >= 0.3 is 0 Å². The van der Waals surface area contributed by atoms with E-state index in [1.54, 1.807) is 24.3 Å². The minimum Gasteiger partial charge on any atom is -0.385 e. The summed E-state index contributed by atoms with van der Waals surface area (Å²) < 4.78 is 0. The molecule has 0 aliphatic heterocycles. The number of nitrogens with one attached hydrogen (secondary N) is 1. The van der Waals surface area contributed by atoms with E-state index in [2.05, 4.69) is 20.5 Å². The zero-order chi connectivity index (χ0) is 21.3. The number of amides is 1. The van der Waals surface area contributed by atoms with Crippen molar-refractivity contribution in [2.24, 2.45) is 21.0 Å². The van der Waals surface area contributed by atoms with Crippen LogP contribution in [0.4, 0.5) is 11.4 Å². The van der Waals surface area contributed by atoms with Crippen LogP contribution in [0.1, 0.15) is 11.1 Å². The second-order valence-electron chi connectivity index (χ2n) is 6.68. The Morgan fingerprint density at radius 2 is 1.67 bits per heavy atom. The lowest BCUT2D eigenvalue weighted by Gasteiger charge is -2.12. The van der Waals surface area contributed by atoms with Crippen molar-refractivity contribution in [1.82, 2.24) is 0 Å². The van der Waals surface area contributed by atoms with Crippen molar-refractivity contribution in [2.75, 3.05) is 5.32 Å². The van der Waals surface area contributed by atoms with Crippen LogP contribution in [0.3, 0.4) is 0 Å². The van der Waals surface area contributed by atoms with Crippen molar-refractivity contribution in [1.29, 1.82) is 0 Å². The van der Waals surface area contributed by atoms with E-state index in [4.69, 9.17) is 17.3 Å². The smallest absolute Gasteiger partial charge is 0.258 e. The molecule has 0 aliphatic carbocycles. The number of halogens is 1. The Labute approximate surface area is 180 Å². The Morgan fingerprint density at radius 1 is 1.00 bits per heavy atom. The monoisotopic (exact) mass is 419 g/mol. The van der Waals surface area contributed by atoms with E-state index >= 15 is 0 Å². The number of hydrogen-bond donors (Lipinski definition) is 2. The van der Waals surface area contributed by atoms with Gasteiger partial charge < -0.3 is 11.1 Å². The summed E-state index contributed by atoms with van der Waals surface area (Å²) in [5.41, 5.74) is 9.44. The third-order valence-electron chi connectivity index (χ3n) is 4.25. The van der Waals surface area contributed by atoms with Gasteiger partial charge in [0.1, 0.15) is 5.84 Å². The molecular formula is C23H22ClN5O. The summed E-state index contributed by atoms with van der Waals surface area (Å²) in [4.78, 5) is 17.2. The molecule has 7 heteroatoms. The molecule has 0 bridgehead atoms. The second kappa shape index (κ2) is 10.3. The van der Waals surface area contributed by atoms with E-state index in [1.807, 2.05) is 61.5 Å². The first-order valence-corrected chi connectivity index (χ1v) is 9.77. The zero-order valence-electron chi connectivity index (χ0n) is 16.5. The predicted molar refractivity (Wildman–Crippen MR) is 121 cm³/mol. The Kier molecular flexibility index (Phi) is 7.29. The molecule has 30 heavy (non-hydrogen) atoms. The molecule has 0 saturated heterocycles. The number of carbonyl (C=O) groups is 1. The number of azo groups is 1. The molecule has 3 rings (SSSR count). The van der Waals surface area contributed by atoms with Crippen LogP contribution in [0, 0.1) is 6.92 Å². The average molecular weight is 420 g/mol. The first kappa shape index (κ1) is 21.2. The number of aliphatic imine (C=N–C) groups is 1. The number of hydrogen-bond acceptors (Lipinski definition) is 4. The Morgan fingerprint density at radius 3 is 2.33 bits per heavy atom. The first-order valence-electron chi connectivity index (χ1n) is 9.39. The van der Waals surface area contributed by atoms with Crippen LogP contribution < -0.4 is 11.1 Å². The highest BCUT2D eigenvalue weighted by Gasteiger charge is 2.22. The van der Waals surface area contributed by atoms with Gasteiger partial charge in [0, 0.05) is 10.7 Å². The van der Waals surface area contributed by atoms with E-state index in [9.17, 15) is 4.79 Å². The molecule has 6 nitrogen and oxygen atoms in total. The number of nitrogens with zero attached hydrogens (tertiary/aromatic N) is 3. The van der Waals surface area contributed by atoms with E-state index in [1.165, 1.54) is 0 Å². The normalized spacial score (nSPS) is 12.7. The molecule has 0 heterocycles. The van der Waals surface area contributed by atoms with Gasteiger partial charge in [-0.1, -0.05) is 59.6 Å². The lowest BCUT2D eigenvalue weighted by Crippen LogP contribution is -2.38. The molecule has 0 aliphatic rings. The van der Waals surface area contributed by atoms with Gasteiger partial charge in [-0.15, -0.1) is 0 Å². The second-order valence-corrected chi connectivity index (χ2v) is 7.11. The molecule has 3 N–H and O–H groups in total. The van der Waals surface area contributed by atoms with Crippen LogP contribution in [0.15, 0.2) is 94.1 Å². The van der Waals surface area contributed by atoms with Crippen LogP contribution in [-0.4, -0.2) is 17.8 Å². The first-order chi connectivity index (χ1) is 14.5. The quantitative estimate of drug-likeness (QED) is 0.309. The largest absolute Gasteiger partial charge is 0.385 e. The fraction of sp³-hybridized carbons (Fsp3) is 0.130. The van der Waals surface area contributed by atoms with Crippen molar-refractivity contribution in [3.63, 3.8) is 0 Å². The lowest BCUT2D eigenvalue weighted by atomic mass is 10.2. The fourth-order valence-electron chi connectivity index (χ4n) is 2.57.